The number of benzene rings is 3. The maximum atomic E-state index is 13.2. The van der Waals surface area contributed by atoms with E-state index in [1.807, 2.05) is 13.0 Å². The summed E-state index contributed by atoms with van der Waals surface area (Å²) < 4.78 is 27.5. The lowest BCUT2D eigenvalue weighted by Crippen LogP contribution is -2.39. The molecular formula is C23H21N3O5S. The predicted octanol–water partition coefficient (Wildman–Crippen LogP) is 3.04. The summed E-state index contributed by atoms with van der Waals surface area (Å²) in [5.74, 6) is -1.81. The van der Waals surface area contributed by atoms with Gasteiger partial charge in [-0.25, -0.2) is 18.6 Å². The van der Waals surface area contributed by atoms with Crippen molar-refractivity contribution >= 4 is 33.8 Å². The minimum Gasteiger partial charge on any atom is -0.478 e. The van der Waals surface area contributed by atoms with Gasteiger partial charge in [0.25, 0.3) is 15.9 Å². The fourth-order valence-electron chi connectivity index (χ4n) is 2.96. The summed E-state index contributed by atoms with van der Waals surface area (Å²) >= 11 is 0. The second-order valence-electron chi connectivity index (χ2n) is 6.85. The molecule has 8 nitrogen and oxygen atoms in total. The average molecular weight is 452 g/mol. The van der Waals surface area contributed by atoms with Crippen LogP contribution in [0.4, 0.5) is 5.69 Å². The van der Waals surface area contributed by atoms with Gasteiger partial charge in [-0.2, -0.15) is 5.10 Å². The smallest absolute Gasteiger partial charge is 0.336 e. The number of nitrogens with one attached hydrogen (secondary N) is 1. The first-order valence-corrected chi connectivity index (χ1v) is 11.0. The first-order valence-electron chi connectivity index (χ1n) is 9.58. The number of carbonyl (C=O) groups is 2. The number of sulfonamides is 1. The van der Waals surface area contributed by atoms with Crippen LogP contribution >= 0.6 is 0 Å². The Morgan fingerprint density at radius 1 is 1.00 bits per heavy atom. The molecule has 0 aliphatic carbocycles. The Morgan fingerprint density at radius 3 is 2.38 bits per heavy atom. The molecule has 0 bridgehead atoms. The maximum Gasteiger partial charge on any atom is 0.336 e. The molecule has 0 aromatic heterocycles. The van der Waals surface area contributed by atoms with Crippen LogP contribution in [-0.2, 0) is 14.8 Å². The van der Waals surface area contributed by atoms with Crippen LogP contribution in [0.25, 0.3) is 0 Å². The number of carboxylic acids is 1. The minimum absolute atomic E-state index is 0.0264. The van der Waals surface area contributed by atoms with Crippen molar-refractivity contribution in [3.8, 4) is 0 Å². The second kappa shape index (κ2) is 9.88. The van der Waals surface area contributed by atoms with Gasteiger partial charge in [-0.1, -0.05) is 48.5 Å². The molecule has 2 N–H and O–H groups in total. The van der Waals surface area contributed by atoms with Crippen molar-refractivity contribution < 1.29 is 23.1 Å². The number of amides is 1. The number of hydrogen-bond donors (Lipinski definition) is 2. The van der Waals surface area contributed by atoms with E-state index >= 15 is 0 Å². The molecule has 0 saturated heterocycles. The van der Waals surface area contributed by atoms with Crippen LogP contribution in [0.5, 0.6) is 0 Å². The van der Waals surface area contributed by atoms with Crippen LogP contribution < -0.4 is 9.73 Å². The zero-order valence-electron chi connectivity index (χ0n) is 17.2. The molecule has 3 rings (SSSR count). The molecule has 0 spiro atoms. The van der Waals surface area contributed by atoms with Gasteiger partial charge in [0.2, 0.25) is 0 Å². The molecule has 0 radical (unpaired) electrons. The lowest BCUT2D eigenvalue weighted by molar-refractivity contribution is -0.119. The first kappa shape index (κ1) is 22.7. The first-order chi connectivity index (χ1) is 15.3. The predicted molar refractivity (Wildman–Crippen MR) is 121 cm³/mol. The van der Waals surface area contributed by atoms with Crippen LogP contribution in [-0.4, -0.2) is 38.2 Å². The largest absolute Gasteiger partial charge is 0.478 e. The number of aromatic carboxylic acids is 1. The highest BCUT2D eigenvalue weighted by molar-refractivity contribution is 7.92. The van der Waals surface area contributed by atoms with Crippen LogP contribution in [0.15, 0.2) is 88.9 Å². The van der Waals surface area contributed by atoms with Gasteiger partial charge in [-0.15, -0.1) is 0 Å². The molecule has 0 unspecified atom stereocenters. The summed E-state index contributed by atoms with van der Waals surface area (Å²) in [7, 11) is -4.02. The fourth-order valence-corrected chi connectivity index (χ4v) is 4.40. The van der Waals surface area contributed by atoms with Crippen molar-refractivity contribution in [2.24, 2.45) is 5.10 Å². The second-order valence-corrected chi connectivity index (χ2v) is 8.71. The molecule has 0 atom stereocenters. The van der Waals surface area contributed by atoms with Gasteiger partial charge in [0.15, 0.2) is 0 Å². The summed E-state index contributed by atoms with van der Waals surface area (Å²) in [6, 6.07) is 20.8. The molecule has 9 heteroatoms. The highest BCUT2D eigenvalue weighted by Crippen LogP contribution is 2.24. The van der Waals surface area contributed by atoms with Crippen LogP contribution in [0.3, 0.4) is 0 Å². The summed E-state index contributed by atoms with van der Waals surface area (Å²) in [5, 5.41) is 13.0. The van der Waals surface area contributed by atoms with Gasteiger partial charge in [-0.05, 0) is 42.8 Å². The maximum absolute atomic E-state index is 13.2. The van der Waals surface area contributed by atoms with Crippen LogP contribution in [0, 0.1) is 6.92 Å². The summed E-state index contributed by atoms with van der Waals surface area (Å²) in [6.45, 7) is 1.31. The van der Waals surface area contributed by atoms with E-state index in [4.69, 9.17) is 0 Å². The highest BCUT2D eigenvalue weighted by atomic mass is 32.2. The van der Waals surface area contributed by atoms with Gasteiger partial charge in [0.05, 0.1) is 22.4 Å². The van der Waals surface area contributed by atoms with E-state index < -0.39 is 28.4 Å². The Labute approximate surface area is 185 Å². The Morgan fingerprint density at radius 2 is 1.69 bits per heavy atom. The lowest BCUT2D eigenvalue weighted by Gasteiger charge is -2.24. The Kier molecular flexibility index (Phi) is 7.01. The van der Waals surface area contributed by atoms with E-state index in [-0.39, 0.29) is 10.5 Å². The van der Waals surface area contributed by atoms with E-state index in [1.54, 1.807) is 48.5 Å². The number of nitrogens with zero attached hydrogens (tertiary/aromatic N) is 2. The van der Waals surface area contributed by atoms with Gasteiger partial charge in [0, 0.05) is 5.56 Å². The molecule has 0 saturated carbocycles. The van der Waals surface area contributed by atoms with Crippen molar-refractivity contribution in [2.75, 3.05) is 10.8 Å². The third kappa shape index (κ3) is 5.38. The van der Waals surface area contributed by atoms with Crippen LogP contribution in [0.1, 0.15) is 21.5 Å². The van der Waals surface area contributed by atoms with Gasteiger partial charge < -0.3 is 5.11 Å². The number of hydrazone groups is 1. The Hall–Kier alpha value is -3.98. The third-order valence-corrected chi connectivity index (χ3v) is 6.28. The van der Waals surface area contributed by atoms with Crippen molar-refractivity contribution in [2.45, 2.75) is 11.8 Å². The molecule has 32 heavy (non-hydrogen) atoms. The van der Waals surface area contributed by atoms with E-state index in [0.717, 1.165) is 9.87 Å². The van der Waals surface area contributed by atoms with E-state index in [9.17, 15) is 23.1 Å². The zero-order chi connectivity index (χ0) is 23.1. The molecule has 1 amide bonds. The number of carbonyl (C=O) groups excluding carboxylic acids is 1. The SMILES string of the molecule is Cc1cccc(N(CC(=O)N/N=C\c2ccccc2C(=O)O)S(=O)(=O)c2ccccc2)c1. The van der Waals surface area contributed by atoms with Gasteiger partial charge in [-0.3, -0.25) is 9.10 Å². The molecule has 0 aliphatic heterocycles. The number of rotatable bonds is 8. The molecule has 164 valence electrons. The topological polar surface area (TPSA) is 116 Å². The van der Waals surface area contributed by atoms with Crippen molar-refractivity contribution in [3.63, 3.8) is 0 Å². The quantitative estimate of drug-likeness (QED) is 0.403. The fraction of sp³-hybridized carbons (Fsp3) is 0.0870. The van der Waals surface area contributed by atoms with Crippen LogP contribution in [0.2, 0.25) is 0 Å². The Balaban J connectivity index is 1.84. The standard InChI is InChI=1S/C23H21N3O5S/c1-17-8-7-10-19(14-17)26(32(30,31)20-11-3-2-4-12-20)16-22(27)25-24-15-18-9-5-6-13-21(18)23(28)29/h2-15H,16H2,1H3,(H,25,27)(H,28,29)/b24-15-. The molecule has 3 aromatic rings. The molecule has 3 aromatic carbocycles. The van der Waals surface area contributed by atoms with Gasteiger partial charge >= 0.3 is 5.97 Å². The van der Waals surface area contributed by atoms with E-state index in [2.05, 4.69) is 10.5 Å². The average Bonchev–Trinajstić information content (AvgIpc) is 2.78. The molecular weight excluding hydrogens is 430 g/mol. The molecule has 0 heterocycles. The highest BCUT2D eigenvalue weighted by Gasteiger charge is 2.27. The monoisotopic (exact) mass is 451 g/mol. The normalized spacial score (nSPS) is 11.3. The molecule has 0 fully saturated rings. The van der Waals surface area contributed by atoms with Crippen molar-refractivity contribution in [1.82, 2.24) is 5.43 Å². The summed E-state index contributed by atoms with van der Waals surface area (Å²) in [4.78, 5) is 23.9. The molecule has 0 aliphatic rings. The number of carboxylic acid groups (broad SMARTS) is 1. The van der Waals surface area contributed by atoms with Crippen molar-refractivity contribution in [3.05, 3.63) is 95.6 Å². The van der Waals surface area contributed by atoms with E-state index in [0.29, 0.717) is 11.3 Å². The summed E-state index contributed by atoms with van der Waals surface area (Å²) in [6.07, 6.45) is 1.20. The third-order valence-electron chi connectivity index (χ3n) is 4.49. The number of aryl methyl sites for hydroxylation is 1. The van der Waals surface area contributed by atoms with Gasteiger partial charge in [0.1, 0.15) is 6.54 Å². The Bertz CT molecular complexity index is 1260. The van der Waals surface area contributed by atoms with Crippen molar-refractivity contribution in [1.29, 1.82) is 0 Å². The van der Waals surface area contributed by atoms with E-state index in [1.165, 1.54) is 30.5 Å². The number of hydrogen-bond acceptors (Lipinski definition) is 5. The summed E-state index contributed by atoms with van der Waals surface area (Å²) in [5.41, 5.74) is 3.76. The zero-order valence-corrected chi connectivity index (χ0v) is 18.0. The lowest BCUT2D eigenvalue weighted by atomic mass is 10.1. The minimum atomic E-state index is -4.02. The number of anilines is 1.